The van der Waals surface area contributed by atoms with Crippen LogP contribution < -0.4 is 10.3 Å². The van der Waals surface area contributed by atoms with Crippen LogP contribution in [0.15, 0.2) is 92.6 Å². The number of hydrogen-bond acceptors (Lipinski definition) is 8. The molecular weight excluding hydrogens is 512 g/mol. The van der Waals surface area contributed by atoms with Crippen molar-refractivity contribution in [3.8, 4) is 6.07 Å². The Hall–Kier alpha value is -3.71. The molecule has 2 fully saturated rings. The van der Waals surface area contributed by atoms with Gasteiger partial charge in [-0.25, -0.2) is 10.0 Å². The Kier molecular flexibility index (Phi) is 6.85. The van der Waals surface area contributed by atoms with E-state index in [9.17, 15) is 10.1 Å². The highest BCUT2D eigenvalue weighted by molar-refractivity contribution is 8.19. The number of fused-ring (bicyclic) bond motifs is 1. The zero-order valence-corrected chi connectivity index (χ0v) is 22.6. The van der Waals surface area contributed by atoms with Crippen LogP contribution in [-0.2, 0) is 11.3 Å². The van der Waals surface area contributed by atoms with Crippen molar-refractivity contribution in [1.82, 2.24) is 9.91 Å². The van der Waals surface area contributed by atoms with E-state index in [1.54, 1.807) is 28.8 Å². The first kappa shape index (κ1) is 24.6. The van der Waals surface area contributed by atoms with Crippen LogP contribution in [0.4, 0.5) is 17.1 Å². The summed E-state index contributed by atoms with van der Waals surface area (Å²) in [7, 11) is 2.00. The molecule has 0 spiro atoms. The van der Waals surface area contributed by atoms with Crippen molar-refractivity contribution in [2.75, 3.05) is 30.5 Å². The predicted molar refractivity (Wildman–Crippen MR) is 155 cm³/mol. The third-order valence-corrected chi connectivity index (χ3v) is 9.14. The van der Waals surface area contributed by atoms with Crippen molar-refractivity contribution in [3.05, 3.63) is 93.9 Å². The second kappa shape index (κ2) is 10.6. The Bertz CT molecular complexity index is 1490. The maximum Gasteiger partial charge on any atom is 0.269 e. The zero-order chi connectivity index (χ0) is 26.1. The minimum Gasteiger partial charge on any atom is -0.337 e. The summed E-state index contributed by atoms with van der Waals surface area (Å²) in [4.78, 5) is 24.6. The summed E-state index contributed by atoms with van der Waals surface area (Å²) < 4.78 is 0. The molecule has 0 atom stereocenters. The zero-order valence-electron chi connectivity index (χ0n) is 20.9. The summed E-state index contributed by atoms with van der Waals surface area (Å²) >= 11 is 3.01. The smallest absolute Gasteiger partial charge is 0.269 e. The highest BCUT2D eigenvalue weighted by Gasteiger charge is 2.39. The number of thioether (sulfide) groups is 2. The van der Waals surface area contributed by atoms with E-state index in [0.29, 0.717) is 27.9 Å². The van der Waals surface area contributed by atoms with Crippen LogP contribution in [0.25, 0.3) is 0 Å². The average molecular weight is 539 g/mol. The van der Waals surface area contributed by atoms with E-state index in [-0.39, 0.29) is 5.91 Å². The molecular formula is C29H26N6OS2. The number of aliphatic imine (C=N–C) groups is 1. The van der Waals surface area contributed by atoms with Crippen LogP contribution >= 0.6 is 23.5 Å². The van der Waals surface area contributed by atoms with Gasteiger partial charge in [-0.15, -0.1) is 0 Å². The van der Waals surface area contributed by atoms with Crippen LogP contribution in [0.3, 0.4) is 0 Å². The number of nitriles is 1. The maximum atomic E-state index is 13.9. The largest absolute Gasteiger partial charge is 0.337 e. The van der Waals surface area contributed by atoms with Gasteiger partial charge < -0.3 is 10.3 Å². The Morgan fingerprint density at radius 3 is 2.53 bits per heavy atom. The van der Waals surface area contributed by atoms with E-state index in [2.05, 4.69) is 33.5 Å². The number of nitrogens with zero attached hydrogens (tertiary/aromatic N) is 5. The number of benzene rings is 3. The topological polar surface area (TPSA) is 75.0 Å². The fourth-order valence-electron chi connectivity index (χ4n) is 4.72. The van der Waals surface area contributed by atoms with Crippen LogP contribution in [0.5, 0.6) is 0 Å². The van der Waals surface area contributed by atoms with Crippen molar-refractivity contribution >= 4 is 51.7 Å². The van der Waals surface area contributed by atoms with Gasteiger partial charge in [0, 0.05) is 25.0 Å². The molecule has 3 aromatic rings. The third-order valence-electron chi connectivity index (χ3n) is 6.71. The average Bonchev–Trinajstić information content (AvgIpc) is 3.65. The molecule has 0 radical (unpaired) electrons. The summed E-state index contributed by atoms with van der Waals surface area (Å²) in [6, 6.07) is 25.8. The summed E-state index contributed by atoms with van der Waals surface area (Å²) in [6.45, 7) is 2.34. The Morgan fingerprint density at radius 1 is 1.00 bits per heavy atom. The van der Waals surface area contributed by atoms with Gasteiger partial charge in [0.15, 0.2) is 5.17 Å². The van der Waals surface area contributed by atoms with Crippen LogP contribution in [0.2, 0.25) is 0 Å². The molecule has 38 heavy (non-hydrogen) atoms. The Balaban J connectivity index is 1.41. The number of carbonyl (C=O) groups is 1. The van der Waals surface area contributed by atoms with Gasteiger partial charge in [-0.3, -0.25) is 9.69 Å². The van der Waals surface area contributed by atoms with E-state index < -0.39 is 0 Å². The lowest BCUT2D eigenvalue weighted by Crippen LogP contribution is -2.29. The molecule has 0 bridgehead atoms. The number of rotatable bonds is 5. The van der Waals surface area contributed by atoms with Crippen molar-refractivity contribution in [2.24, 2.45) is 4.99 Å². The number of anilines is 2. The molecule has 1 N–H and O–H groups in total. The van der Waals surface area contributed by atoms with Crippen LogP contribution in [0.1, 0.15) is 24.0 Å². The first-order chi connectivity index (χ1) is 18.6. The van der Waals surface area contributed by atoms with Crippen molar-refractivity contribution in [3.63, 3.8) is 0 Å². The molecule has 3 aliphatic heterocycles. The number of carbonyl (C=O) groups excluding carboxylic acids is 1. The van der Waals surface area contributed by atoms with Crippen molar-refractivity contribution in [1.29, 1.82) is 5.26 Å². The number of hydrogen-bond donors (Lipinski definition) is 1. The van der Waals surface area contributed by atoms with E-state index in [0.717, 1.165) is 52.8 Å². The van der Waals surface area contributed by atoms with Gasteiger partial charge in [0.1, 0.15) is 4.91 Å². The molecule has 9 heteroatoms. The number of hydrazine groups is 1. The molecule has 0 unspecified atom stereocenters. The summed E-state index contributed by atoms with van der Waals surface area (Å²) in [5.74, 6) is -0.0646. The molecule has 2 saturated heterocycles. The van der Waals surface area contributed by atoms with Crippen molar-refractivity contribution < 1.29 is 4.79 Å². The highest BCUT2D eigenvalue weighted by atomic mass is 32.2. The number of nitrogens with one attached hydrogen (secondary N) is 1. The van der Waals surface area contributed by atoms with Crippen molar-refractivity contribution in [2.45, 2.75) is 24.3 Å². The summed E-state index contributed by atoms with van der Waals surface area (Å²) in [6.07, 6.45) is 2.29. The molecule has 190 valence electrons. The lowest BCUT2D eigenvalue weighted by molar-refractivity contribution is -0.122. The number of amidine groups is 1. The lowest BCUT2D eigenvalue weighted by Gasteiger charge is -2.20. The third kappa shape index (κ3) is 4.78. The Morgan fingerprint density at radius 2 is 1.76 bits per heavy atom. The molecule has 3 aliphatic rings. The maximum absolute atomic E-state index is 13.9. The highest BCUT2D eigenvalue weighted by Crippen LogP contribution is 2.50. The molecule has 0 aromatic heterocycles. The van der Waals surface area contributed by atoms with Gasteiger partial charge >= 0.3 is 0 Å². The van der Waals surface area contributed by atoms with Crippen LogP contribution in [-0.4, -0.2) is 41.1 Å². The minimum atomic E-state index is -0.0646. The molecule has 0 aliphatic carbocycles. The molecule has 0 saturated carbocycles. The molecule has 1 amide bonds. The van der Waals surface area contributed by atoms with Gasteiger partial charge in [0.2, 0.25) is 0 Å². The van der Waals surface area contributed by atoms with E-state index in [4.69, 9.17) is 4.99 Å². The first-order valence-corrected chi connectivity index (χ1v) is 14.2. The first-order valence-electron chi connectivity index (χ1n) is 12.5. The van der Waals surface area contributed by atoms with Crippen LogP contribution in [0, 0.1) is 11.3 Å². The second-order valence-corrected chi connectivity index (χ2v) is 11.3. The van der Waals surface area contributed by atoms with Gasteiger partial charge in [0.25, 0.3) is 5.91 Å². The van der Waals surface area contributed by atoms with E-state index in [1.165, 1.54) is 11.8 Å². The van der Waals surface area contributed by atoms with Gasteiger partial charge in [-0.05, 0) is 60.5 Å². The fourth-order valence-corrected chi connectivity index (χ4v) is 7.05. The van der Waals surface area contributed by atoms with Gasteiger partial charge in [-0.1, -0.05) is 54.2 Å². The summed E-state index contributed by atoms with van der Waals surface area (Å²) in [5, 5.41) is 13.3. The van der Waals surface area contributed by atoms with E-state index >= 15 is 0 Å². The molecule has 3 heterocycles. The standard InChI is InChI=1S/C29H26N6OS2/c1-33-24-11-5-6-12-25(24)37-28(33)26-27(36)35(19-20-9-3-2-4-10-20)29(38-26)31-23-17-21(18-30)13-14-22(23)32-34-15-7-8-16-34/h2-6,9-14,17,32H,7-8,15-16,19H2,1H3/b28-26-,31-29?. The quantitative estimate of drug-likeness (QED) is 0.390. The molecule has 3 aromatic carbocycles. The lowest BCUT2D eigenvalue weighted by atomic mass is 10.2. The monoisotopic (exact) mass is 538 g/mol. The second-order valence-electron chi connectivity index (χ2n) is 9.29. The number of para-hydroxylation sites is 1. The molecule has 6 rings (SSSR count). The molecule has 7 nitrogen and oxygen atoms in total. The predicted octanol–water partition coefficient (Wildman–Crippen LogP) is 6.16. The number of amides is 1. The van der Waals surface area contributed by atoms with Gasteiger partial charge in [-0.2, -0.15) is 5.26 Å². The SMILES string of the molecule is CN1/C(=C2/SC(=Nc3cc(C#N)ccc3NN3CCCC3)N(Cc3ccccc3)C2=O)Sc2ccccc21. The van der Waals surface area contributed by atoms with Gasteiger partial charge in [0.05, 0.1) is 40.3 Å². The fraction of sp³-hybridized carbons (Fsp3) is 0.207. The normalized spacial score (nSPS) is 20.3. The summed E-state index contributed by atoms with van der Waals surface area (Å²) in [5.41, 5.74) is 7.59. The minimum absolute atomic E-state index is 0.0646. The Labute approximate surface area is 230 Å². The van der Waals surface area contributed by atoms with E-state index in [1.807, 2.05) is 55.6 Å².